The van der Waals surface area contributed by atoms with Crippen molar-refractivity contribution >= 4 is 0 Å². The molecule has 1 aromatic heterocycles. The van der Waals surface area contributed by atoms with Gasteiger partial charge in [-0.2, -0.15) is 4.98 Å². The minimum atomic E-state index is 0.191. The number of hydrogen-bond acceptors (Lipinski definition) is 6. The molecule has 2 heterocycles. The predicted octanol–water partition coefficient (Wildman–Crippen LogP) is 4.17. The van der Waals surface area contributed by atoms with Gasteiger partial charge < -0.3 is 18.7 Å². The summed E-state index contributed by atoms with van der Waals surface area (Å²) in [6, 6.07) is 13.6. The van der Waals surface area contributed by atoms with E-state index in [1.807, 2.05) is 24.3 Å². The van der Waals surface area contributed by atoms with E-state index in [1.165, 1.54) is 5.56 Å². The van der Waals surface area contributed by atoms with Gasteiger partial charge in [0.15, 0.2) is 18.1 Å². The molecule has 1 aliphatic heterocycles. The molecule has 1 aliphatic rings. The summed E-state index contributed by atoms with van der Waals surface area (Å²) in [7, 11) is 0. The molecule has 0 saturated carbocycles. The van der Waals surface area contributed by atoms with Crippen LogP contribution in [-0.4, -0.2) is 16.9 Å². The lowest BCUT2D eigenvalue weighted by atomic mass is 10.0. The Morgan fingerprint density at radius 2 is 1.84 bits per heavy atom. The van der Waals surface area contributed by atoms with Crippen molar-refractivity contribution in [1.29, 1.82) is 0 Å². The topological polar surface area (TPSA) is 66.6 Å². The van der Waals surface area contributed by atoms with Gasteiger partial charge in [0.25, 0.3) is 5.89 Å². The molecule has 0 unspecified atom stereocenters. The molecule has 128 valence electrons. The van der Waals surface area contributed by atoms with Gasteiger partial charge in [-0.05, 0) is 23.6 Å². The van der Waals surface area contributed by atoms with Crippen LogP contribution in [0, 0.1) is 0 Å². The lowest BCUT2D eigenvalue weighted by molar-refractivity contribution is 0.173. The fourth-order valence-corrected chi connectivity index (χ4v) is 2.56. The predicted molar refractivity (Wildman–Crippen MR) is 90.7 cm³/mol. The summed E-state index contributed by atoms with van der Waals surface area (Å²) in [6.45, 7) is 4.75. The molecule has 0 saturated heterocycles. The highest BCUT2D eigenvalue weighted by molar-refractivity contribution is 5.54. The quantitative estimate of drug-likeness (QED) is 0.696. The van der Waals surface area contributed by atoms with Crippen LogP contribution in [0.5, 0.6) is 17.2 Å². The van der Waals surface area contributed by atoms with Crippen LogP contribution in [0.25, 0.3) is 11.4 Å². The second kappa shape index (κ2) is 6.47. The van der Waals surface area contributed by atoms with Gasteiger partial charge >= 0.3 is 0 Å². The molecule has 25 heavy (non-hydrogen) atoms. The first kappa shape index (κ1) is 15.5. The number of rotatable bonds is 5. The number of ether oxygens (including phenoxy) is 3. The number of nitrogens with zero attached hydrogens (tertiary/aromatic N) is 2. The van der Waals surface area contributed by atoms with Gasteiger partial charge in [0.05, 0.1) is 0 Å². The molecule has 6 heteroatoms. The third kappa shape index (κ3) is 3.28. The highest BCUT2D eigenvalue weighted by Crippen LogP contribution is 2.35. The third-order valence-electron chi connectivity index (χ3n) is 4.01. The number of benzene rings is 2. The van der Waals surface area contributed by atoms with Crippen LogP contribution in [0.1, 0.15) is 31.2 Å². The van der Waals surface area contributed by atoms with E-state index in [-0.39, 0.29) is 13.4 Å². The minimum Gasteiger partial charge on any atom is -0.484 e. The summed E-state index contributed by atoms with van der Waals surface area (Å²) in [4.78, 5) is 4.38. The van der Waals surface area contributed by atoms with Crippen LogP contribution in [-0.2, 0) is 6.61 Å². The number of hydrogen-bond donors (Lipinski definition) is 0. The van der Waals surface area contributed by atoms with Crippen molar-refractivity contribution in [3.05, 3.63) is 53.9 Å². The molecule has 0 fully saturated rings. The van der Waals surface area contributed by atoms with E-state index in [1.54, 1.807) is 6.07 Å². The third-order valence-corrected chi connectivity index (χ3v) is 4.01. The zero-order valence-corrected chi connectivity index (χ0v) is 14.1. The largest absolute Gasteiger partial charge is 0.484 e. The van der Waals surface area contributed by atoms with Gasteiger partial charge in [-0.1, -0.05) is 43.3 Å². The molecular weight excluding hydrogens is 320 g/mol. The Morgan fingerprint density at radius 1 is 1.04 bits per heavy atom. The first-order chi connectivity index (χ1) is 12.2. The summed E-state index contributed by atoms with van der Waals surface area (Å²) in [5.74, 6) is 3.52. The van der Waals surface area contributed by atoms with Crippen molar-refractivity contribution in [2.75, 3.05) is 6.79 Å². The lowest BCUT2D eigenvalue weighted by Gasteiger charge is -2.04. The van der Waals surface area contributed by atoms with E-state index in [0.29, 0.717) is 29.1 Å². The fourth-order valence-electron chi connectivity index (χ4n) is 2.56. The summed E-state index contributed by atoms with van der Waals surface area (Å²) in [5.41, 5.74) is 2.20. The smallest absolute Gasteiger partial charge is 0.264 e. The number of fused-ring (bicyclic) bond motifs is 1. The highest BCUT2D eigenvalue weighted by Gasteiger charge is 2.15. The molecule has 0 N–H and O–H groups in total. The molecule has 6 nitrogen and oxygen atoms in total. The molecule has 3 aromatic rings. The molecule has 0 bridgehead atoms. The molecule has 4 rings (SSSR count). The Morgan fingerprint density at radius 3 is 2.64 bits per heavy atom. The first-order valence-electron chi connectivity index (χ1n) is 8.14. The van der Waals surface area contributed by atoms with Crippen LogP contribution >= 0.6 is 0 Å². The molecule has 0 spiro atoms. The van der Waals surface area contributed by atoms with Crippen molar-refractivity contribution in [3.8, 4) is 28.6 Å². The molecular formula is C19H18N2O4. The molecule has 0 aliphatic carbocycles. The van der Waals surface area contributed by atoms with Gasteiger partial charge in [-0.3, -0.25) is 0 Å². The SMILES string of the molecule is CC(C)c1ccc(-c2noc(COc3ccc4c(c3)OCO4)n2)cc1. The maximum Gasteiger partial charge on any atom is 0.264 e. The van der Waals surface area contributed by atoms with Gasteiger partial charge in [0, 0.05) is 11.6 Å². The Bertz CT molecular complexity index is 871. The minimum absolute atomic E-state index is 0.191. The first-order valence-corrected chi connectivity index (χ1v) is 8.14. The maximum atomic E-state index is 5.69. The zero-order valence-electron chi connectivity index (χ0n) is 14.1. The van der Waals surface area contributed by atoms with Gasteiger partial charge in [0.1, 0.15) is 5.75 Å². The molecule has 2 aromatic carbocycles. The van der Waals surface area contributed by atoms with E-state index >= 15 is 0 Å². The maximum absolute atomic E-state index is 5.69. The van der Waals surface area contributed by atoms with Crippen LogP contribution in [0.3, 0.4) is 0 Å². The van der Waals surface area contributed by atoms with E-state index in [2.05, 4.69) is 36.1 Å². The summed E-state index contributed by atoms with van der Waals surface area (Å²) in [5, 5.41) is 4.02. The van der Waals surface area contributed by atoms with Gasteiger partial charge in [-0.25, -0.2) is 0 Å². The van der Waals surface area contributed by atoms with E-state index in [4.69, 9.17) is 18.7 Å². The highest BCUT2D eigenvalue weighted by atomic mass is 16.7. The summed E-state index contributed by atoms with van der Waals surface area (Å²) >= 11 is 0. The molecule has 0 atom stereocenters. The lowest BCUT2D eigenvalue weighted by Crippen LogP contribution is -1.96. The second-order valence-electron chi connectivity index (χ2n) is 6.09. The van der Waals surface area contributed by atoms with Gasteiger partial charge in [0.2, 0.25) is 12.6 Å². The standard InChI is InChI=1S/C19H18N2O4/c1-12(2)13-3-5-14(6-4-13)19-20-18(25-21-19)10-22-15-7-8-16-17(9-15)24-11-23-16/h3-9,12H,10-11H2,1-2H3. The molecule has 0 amide bonds. The Hall–Kier alpha value is -3.02. The van der Waals surface area contributed by atoms with Crippen LogP contribution in [0.15, 0.2) is 47.0 Å². The zero-order chi connectivity index (χ0) is 17.2. The van der Waals surface area contributed by atoms with E-state index in [0.717, 1.165) is 11.3 Å². The fraction of sp³-hybridized carbons (Fsp3) is 0.263. The number of aromatic nitrogens is 2. The van der Waals surface area contributed by atoms with Crippen molar-refractivity contribution in [1.82, 2.24) is 10.1 Å². The monoisotopic (exact) mass is 338 g/mol. The second-order valence-corrected chi connectivity index (χ2v) is 6.09. The van der Waals surface area contributed by atoms with Crippen molar-refractivity contribution in [2.45, 2.75) is 26.4 Å². The average Bonchev–Trinajstić information content (AvgIpc) is 3.29. The van der Waals surface area contributed by atoms with E-state index in [9.17, 15) is 0 Å². The normalized spacial score (nSPS) is 12.6. The Balaban J connectivity index is 1.43. The summed E-state index contributed by atoms with van der Waals surface area (Å²) in [6.07, 6.45) is 0. The van der Waals surface area contributed by atoms with Crippen molar-refractivity contribution < 1.29 is 18.7 Å². The van der Waals surface area contributed by atoms with Crippen LogP contribution in [0.2, 0.25) is 0 Å². The Labute approximate surface area is 145 Å². The summed E-state index contributed by atoms with van der Waals surface area (Å²) < 4.78 is 21.6. The average molecular weight is 338 g/mol. The molecule has 0 radical (unpaired) electrons. The van der Waals surface area contributed by atoms with Crippen molar-refractivity contribution in [2.24, 2.45) is 0 Å². The van der Waals surface area contributed by atoms with Crippen molar-refractivity contribution in [3.63, 3.8) is 0 Å². The Kier molecular flexibility index (Phi) is 4.01. The van der Waals surface area contributed by atoms with Gasteiger partial charge in [-0.15, -0.1) is 0 Å². The van der Waals surface area contributed by atoms with E-state index < -0.39 is 0 Å². The van der Waals surface area contributed by atoms with Crippen LogP contribution in [0.4, 0.5) is 0 Å². The van der Waals surface area contributed by atoms with Crippen LogP contribution < -0.4 is 14.2 Å².